The van der Waals surface area contributed by atoms with Gasteiger partial charge in [0, 0.05) is 34.7 Å². The van der Waals surface area contributed by atoms with E-state index in [0.717, 1.165) is 43.5 Å². The maximum Gasteiger partial charge on any atom is 0.303 e. The third-order valence-corrected chi connectivity index (χ3v) is 9.48. The molecule has 4 rings (SSSR count). The zero-order valence-corrected chi connectivity index (χ0v) is 22.1. The van der Waals surface area contributed by atoms with Crippen LogP contribution in [0.25, 0.3) is 10.9 Å². The van der Waals surface area contributed by atoms with Gasteiger partial charge in [-0.15, -0.1) is 0 Å². The first-order valence-electron chi connectivity index (χ1n) is 12.7. The number of alkyl halides is 1. The summed E-state index contributed by atoms with van der Waals surface area (Å²) >= 11 is 8.50. The molecule has 0 radical (unpaired) electrons. The standard InChI is InChI=1S/C27H36ClFN2O3S/c1-34-19-6-7-24-21(16-19)26(22(28)18-30-24)23(29)8-9-27(17-25(32)33)10-12-31(13-11-27)14-15-35-20-4-2-3-5-20/h6-7,16,18,20,23H,2-5,8-15,17H2,1H3,(H,32,33)/t23-/m1/s1. The summed E-state index contributed by atoms with van der Waals surface area (Å²) in [6.45, 7) is 2.81. The number of aromatic nitrogens is 1. The Morgan fingerprint density at radius 3 is 2.77 bits per heavy atom. The van der Waals surface area contributed by atoms with Crippen LogP contribution in [0.3, 0.4) is 0 Å². The largest absolute Gasteiger partial charge is 0.497 e. The molecule has 1 N–H and O–H groups in total. The highest BCUT2D eigenvalue weighted by molar-refractivity contribution is 7.99. The maximum atomic E-state index is 15.7. The topological polar surface area (TPSA) is 62.7 Å². The fourth-order valence-corrected chi connectivity index (χ4v) is 7.31. The second kappa shape index (κ2) is 12.1. The third kappa shape index (κ3) is 6.80. The van der Waals surface area contributed by atoms with Crippen LogP contribution in [0.15, 0.2) is 24.4 Å². The van der Waals surface area contributed by atoms with Gasteiger partial charge in [0.25, 0.3) is 0 Å². The Labute approximate surface area is 216 Å². The predicted molar refractivity (Wildman–Crippen MR) is 141 cm³/mol. The molecular weight excluding hydrogens is 487 g/mol. The van der Waals surface area contributed by atoms with E-state index in [1.165, 1.54) is 31.9 Å². The summed E-state index contributed by atoms with van der Waals surface area (Å²) in [6, 6.07) is 5.36. The molecule has 2 aromatic rings. The molecule has 0 unspecified atom stereocenters. The van der Waals surface area contributed by atoms with Crippen molar-refractivity contribution in [1.29, 1.82) is 0 Å². The van der Waals surface area contributed by atoms with E-state index in [2.05, 4.69) is 21.6 Å². The first kappa shape index (κ1) is 26.5. The first-order valence-corrected chi connectivity index (χ1v) is 14.1. The van der Waals surface area contributed by atoms with Crippen molar-refractivity contribution in [2.24, 2.45) is 5.41 Å². The number of hydrogen-bond donors (Lipinski definition) is 1. The van der Waals surface area contributed by atoms with E-state index in [1.54, 1.807) is 25.3 Å². The molecule has 192 valence electrons. The van der Waals surface area contributed by atoms with Gasteiger partial charge in [0.05, 0.1) is 24.1 Å². The van der Waals surface area contributed by atoms with Crippen LogP contribution in [0.2, 0.25) is 5.02 Å². The summed E-state index contributed by atoms with van der Waals surface area (Å²) in [4.78, 5) is 18.5. The summed E-state index contributed by atoms with van der Waals surface area (Å²) < 4.78 is 21.0. The molecule has 1 aromatic heterocycles. The molecule has 35 heavy (non-hydrogen) atoms. The second-order valence-electron chi connectivity index (χ2n) is 10.1. The van der Waals surface area contributed by atoms with Gasteiger partial charge in [-0.25, -0.2) is 4.39 Å². The van der Waals surface area contributed by atoms with Crippen molar-refractivity contribution < 1.29 is 19.0 Å². The lowest BCUT2D eigenvalue weighted by atomic mass is 9.71. The van der Waals surface area contributed by atoms with E-state index < -0.39 is 12.1 Å². The highest BCUT2D eigenvalue weighted by Gasteiger charge is 2.37. The molecule has 2 fully saturated rings. The lowest BCUT2D eigenvalue weighted by Gasteiger charge is -2.41. The number of nitrogens with zero attached hydrogens (tertiary/aromatic N) is 2. The van der Waals surface area contributed by atoms with Crippen LogP contribution >= 0.6 is 23.4 Å². The van der Waals surface area contributed by atoms with Crippen LogP contribution in [-0.4, -0.2) is 58.7 Å². The number of carboxylic acid groups (broad SMARTS) is 1. The smallest absolute Gasteiger partial charge is 0.303 e. The monoisotopic (exact) mass is 522 g/mol. The summed E-state index contributed by atoms with van der Waals surface area (Å²) in [5.41, 5.74) is 0.706. The molecule has 0 amide bonds. The molecule has 0 bridgehead atoms. The van der Waals surface area contributed by atoms with Crippen LogP contribution in [0.1, 0.15) is 69.5 Å². The molecular formula is C27H36ClFN2O3S. The number of aliphatic carboxylic acids is 1. The Morgan fingerprint density at radius 2 is 2.09 bits per heavy atom. The highest BCUT2D eigenvalue weighted by Crippen LogP contribution is 2.44. The Kier molecular flexibility index (Phi) is 9.17. The summed E-state index contributed by atoms with van der Waals surface area (Å²) in [7, 11) is 1.57. The van der Waals surface area contributed by atoms with Crippen molar-refractivity contribution in [3.05, 3.63) is 35.0 Å². The molecule has 1 aliphatic carbocycles. The molecule has 2 heterocycles. The minimum absolute atomic E-state index is 0.0863. The van der Waals surface area contributed by atoms with Crippen LogP contribution in [0.5, 0.6) is 5.75 Å². The van der Waals surface area contributed by atoms with E-state index in [9.17, 15) is 9.90 Å². The van der Waals surface area contributed by atoms with Gasteiger partial charge < -0.3 is 14.7 Å². The van der Waals surface area contributed by atoms with Gasteiger partial charge in [-0.3, -0.25) is 9.78 Å². The predicted octanol–water partition coefficient (Wildman–Crippen LogP) is 6.92. The molecule has 8 heteroatoms. The van der Waals surface area contributed by atoms with Crippen LogP contribution in [0.4, 0.5) is 4.39 Å². The lowest BCUT2D eigenvalue weighted by Crippen LogP contribution is -2.42. The number of fused-ring (bicyclic) bond motifs is 1. The van der Waals surface area contributed by atoms with Gasteiger partial charge >= 0.3 is 5.97 Å². The zero-order valence-electron chi connectivity index (χ0n) is 20.5. The van der Waals surface area contributed by atoms with E-state index in [4.69, 9.17) is 16.3 Å². The van der Waals surface area contributed by atoms with Crippen molar-refractivity contribution in [2.75, 3.05) is 32.5 Å². The van der Waals surface area contributed by atoms with Crippen molar-refractivity contribution >= 4 is 40.2 Å². The number of hydrogen-bond acceptors (Lipinski definition) is 5. The van der Waals surface area contributed by atoms with Gasteiger partial charge in [-0.2, -0.15) is 11.8 Å². The van der Waals surface area contributed by atoms with Gasteiger partial charge in [0.2, 0.25) is 0 Å². The average Bonchev–Trinajstić information content (AvgIpc) is 3.36. The van der Waals surface area contributed by atoms with Gasteiger partial charge in [0.1, 0.15) is 11.9 Å². The zero-order chi connectivity index (χ0) is 24.8. The van der Waals surface area contributed by atoms with E-state index >= 15 is 4.39 Å². The Hall–Kier alpha value is -1.57. The number of rotatable bonds is 11. The number of carbonyl (C=O) groups is 1. The van der Waals surface area contributed by atoms with Gasteiger partial charge in [0.15, 0.2) is 0 Å². The van der Waals surface area contributed by atoms with Crippen molar-refractivity contribution in [1.82, 2.24) is 9.88 Å². The number of piperidine rings is 1. The molecule has 2 aliphatic rings. The van der Waals surface area contributed by atoms with Crippen molar-refractivity contribution in [2.45, 2.75) is 69.2 Å². The lowest BCUT2D eigenvalue weighted by molar-refractivity contribution is -0.141. The minimum Gasteiger partial charge on any atom is -0.497 e. The van der Waals surface area contributed by atoms with Gasteiger partial charge in [-0.1, -0.05) is 24.4 Å². The second-order valence-corrected chi connectivity index (χ2v) is 11.9. The van der Waals surface area contributed by atoms with Gasteiger partial charge in [-0.05, 0) is 75.2 Å². The highest BCUT2D eigenvalue weighted by atomic mass is 35.5. The minimum atomic E-state index is -1.30. The number of ether oxygens (including phenoxy) is 1. The number of methoxy groups -OCH3 is 1. The molecule has 1 atom stereocenters. The average molecular weight is 523 g/mol. The molecule has 1 aromatic carbocycles. The number of carboxylic acids is 1. The molecule has 0 spiro atoms. The summed E-state index contributed by atoms with van der Waals surface area (Å²) in [5.74, 6) is 0.957. The Bertz CT molecular complexity index is 1010. The molecule has 1 saturated carbocycles. The SMILES string of the molecule is COc1ccc2ncc(Cl)c([C@H](F)CCC3(CC(=O)O)CCN(CCSC4CCCC4)CC3)c2c1. The normalized spacial score (nSPS) is 19.7. The maximum absolute atomic E-state index is 15.7. The number of thioether (sulfide) groups is 1. The van der Waals surface area contributed by atoms with Crippen LogP contribution < -0.4 is 4.74 Å². The van der Waals surface area contributed by atoms with E-state index in [-0.39, 0.29) is 18.3 Å². The Morgan fingerprint density at radius 1 is 1.34 bits per heavy atom. The number of pyridine rings is 1. The summed E-state index contributed by atoms with van der Waals surface area (Å²) in [6.07, 6.45) is 8.04. The van der Waals surface area contributed by atoms with Crippen molar-refractivity contribution in [3.8, 4) is 5.75 Å². The molecule has 1 aliphatic heterocycles. The fourth-order valence-electron chi connectivity index (χ4n) is 5.68. The Balaban J connectivity index is 1.39. The first-order chi connectivity index (χ1) is 16.9. The van der Waals surface area contributed by atoms with Crippen LogP contribution in [-0.2, 0) is 4.79 Å². The number of halogens is 2. The van der Waals surface area contributed by atoms with E-state index in [1.807, 2.05) is 0 Å². The fraction of sp³-hybridized carbons (Fsp3) is 0.630. The third-order valence-electron chi connectivity index (χ3n) is 7.82. The number of likely N-dealkylation sites (tertiary alicyclic amines) is 1. The number of benzene rings is 1. The molecule has 5 nitrogen and oxygen atoms in total. The molecule has 1 saturated heterocycles. The van der Waals surface area contributed by atoms with Crippen LogP contribution in [0, 0.1) is 5.41 Å². The summed E-state index contributed by atoms with van der Waals surface area (Å²) in [5, 5.41) is 11.4. The van der Waals surface area contributed by atoms with Crippen molar-refractivity contribution in [3.63, 3.8) is 0 Å². The quantitative estimate of drug-likeness (QED) is 0.345. The van der Waals surface area contributed by atoms with E-state index in [0.29, 0.717) is 33.7 Å².